The van der Waals surface area contributed by atoms with Crippen LogP contribution < -0.4 is 0 Å². The summed E-state index contributed by atoms with van der Waals surface area (Å²) >= 11 is 0. The van der Waals surface area contributed by atoms with E-state index in [1.54, 1.807) is 0 Å². The summed E-state index contributed by atoms with van der Waals surface area (Å²) in [4.78, 5) is 10.4. The number of nitrogens with zero attached hydrogens (tertiary/aromatic N) is 1. The van der Waals surface area contributed by atoms with Crippen LogP contribution in [0.3, 0.4) is 0 Å². The van der Waals surface area contributed by atoms with E-state index in [4.69, 9.17) is 4.52 Å². The van der Waals surface area contributed by atoms with E-state index >= 15 is 0 Å². The minimum Gasteiger partial charge on any atom is -0.320 e. The summed E-state index contributed by atoms with van der Waals surface area (Å²) in [5.74, 6) is -0.338. The molecule has 0 aromatic carbocycles. The smallest absolute Gasteiger partial charge is 0.320 e. The van der Waals surface area contributed by atoms with E-state index in [2.05, 4.69) is 18.7 Å². The summed E-state index contributed by atoms with van der Waals surface area (Å²) in [5, 5.41) is 0. The lowest BCUT2D eigenvalue weighted by atomic mass is 10.1. The Bertz CT molecular complexity index is 471. The van der Waals surface area contributed by atoms with Gasteiger partial charge in [-0.25, -0.2) is 0 Å². The molecule has 4 nitrogen and oxygen atoms in total. The van der Waals surface area contributed by atoms with Crippen molar-refractivity contribution in [2.75, 3.05) is 27.7 Å². The van der Waals surface area contributed by atoms with Gasteiger partial charge in [0.1, 0.15) is 0 Å². The topological polar surface area (TPSA) is 46.5 Å². The highest BCUT2D eigenvalue weighted by molar-refractivity contribution is 7.53. The minimum absolute atomic E-state index is 0.338. The highest BCUT2D eigenvalue weighted by atomic mass is 31.2. The third kappa shape index (κ3) is 16.0. The molecule has 0 aliphatic carbocycles. The van der Waals surface area contributed by atoms with Crippen molar-refractivity contribution in [1.29, 1.82) is 0 Å². The number of rotatable bonds is 20. The maximum Gasteiger partial charge on any atom is 0.385 e. The number of hydrogen-bond acceptors (Lipinski definition) is 2. The Labute approximate surface area is 181 Å². The van der Waals surface area contributed by atoms with Crippen LogP contribution >= 0.6 is 7.60 Å². The molecule has 172 valence electrons. The van der Waals surface area contributed by atoms with Crippen LogP contribution in [-0.2, 0) is 9.09 Å². The van der Waals surface area contributed by atoms with Gasteiger partial charge in [0.25, 0.3) is 0 Å². The molecule has 0 saturated heterocycles. The number of allylic oxidation sites excluding steroid dienone is 3. The normalized spacial score (nSPS) is 15.5. The van der Waals surface area contributed by atoms with Crippen LogP contribution in [0.5, 0.6) is 0 Å². The zero-order chi connectivity index (χ0) is 22.0. The standard InChI is InChI=1S/C24H48NO3P/c1-6-8-9-10-11-12-13-14-15-16-17-18-19-20-21-23-28-29(26,27)24(22-7-2)25(3,4)5/h6,11-12,24H,1,7-10,13-23H2,2-5H3/p+1/b12-11-. The fourth-order valence-corrected chi connectivity index (χ4v) is 5.59. The molecule has 0 spiro atoms. The van der Waals surface area contributed by atoms with Crippen molar-refractivity contribution in [2.24, 2.45) is 0 Å². The fourth-order valence-electron chi connectivity index (χ4n) is 3.57. The van der Waals surface area contributed by atoms with Crippen LogP contribution in [0.1, 0.15) is 96.8 Å². The molecule has 0 bridgehead atoms. The van der Waals surface area contributed by atoms with Gasteiger partial charge in [-0.05, 0) is 44.9 Å². The van der Waals surface area contributed by atoms with E-state index in [-0.39, 0.29) is 5.78 Å². The quantitative estimate of drug-likeness (QED) is 0.0944. The third-order valence-corrected chi connectivity index (χ3v) is 7.56. The van der Waals surface area contributed by atoms with Gasteiger partial charge in [0, 0.05) is 6.42 Å². The Kier molecular flexibility index (Phi) is 17.0. The fraction of sp³-hybridized carbons (Fsp3) is 0.833. The van der Waals surface area contributed by atoms with Gasteiger partial charge in [-0.2, -0.15) is 0 Å². The highest BCUT2D eigenvalue weighted by Crippen LogP contribution is 2.51. The Hall–Kier alpha value is -0.410. The molecular formula is C24H49NO3P+. The van der Waals surface area contributed by atoms with Crippen molar-refractivity contribution >= 4 is 7.60 Å². The lowest BCUT2D eigenvalue weighted by Crippen LogP contribution is -2.45. The SMILES string of the molecule is C=CCCC/C=C\CCCCCCCCCCOP(=O)(O)C(CCC)[N+](C)(C)C. The van der Waals surface area contributed by atoms with E-state index in [0.29, 0.717) is 17.5 Å². The molecule has 0 saturated carbocycles. The molecule has 0 aromatic rings. The molecule has 2 atom stereocenters. The summed E-state index contributed by atoms with van der Waals surface area (Å²) in [7, 11) is 2.33. The molecule has 0 aliphatic rings. The lowest BCUT2D eigenvalue weighted by Gasteiger charge is -2.35. The van der Waals surface area contributed by atoms with Gasteiger partial charge >= 0.3 is 7.60 Å². The number of unbranched alkanes of at least 4 members (excludes halogenated alkanes) is 10. The summed E-state index contributed by atoms with van der Waals surface area (Å²) in [5.41, 5.74) is 0. The summed E-state index contributed by atoms with van der Waals surface area (Å²) in [6.45, 7) is 6.18. The van der Waals surface area contributed by atoms with Crippen LogP contribution in [-0.4, -0.2) is 42.9 Å². The average molecular weight is 431 g/mol. The second kappa shape index (κ2) is 17.3. The lowest BCUT2D eigenvalue weighted by molar-refractivity contribution is -0.883. The first-order valence-electron chi connectivity index (χ1n) is 11.8. The van der Waals surface area contributed by atoms with Gasteiger partial charge in [-0.15, -0.1) is 6.58 Å². The van der Waals surface area contributed by atoms with E-state index in [0.717, 1.165) is 25.7 Å². The predicted octanol–water partition coefficient (Wildman–Crippen LogP) is 7.44. The van der Waals surface area contributed by atoms with Crippen LogP contribution in [0, 0.1) is 0 Å². The van der Waals surface area contributed by atoms with Crippen molar-refractivity contribution in [3.05, 3.63) is 24.8 Å². The molecule has 0 rings (SSSR count). The molecule has 1 N–H and O–H groups in total. The molecule has 0 radical (unpaired) electrons. The van der Waals surface area contributed by atoms with E-state index < -0.39 is 7.60 Å². The molecule has 5 heteroatoms. The summed E-state index contributed by atoms with van der Waals surface area (Å²) in [6, 6.07) is 0. The van der Waals surface area contributed by atoms with E-state index in [9.17, 15) is 9.46 Å². The largest absolute Gasteiger partial charge is 0.385 e. The zero-order valence-corrected chi connectivity index (χ0v) is 20.7. The van der Waals surface area contributed by atoms with Gasteiger partial charge in [-0.3, -0.25) is 4.57 Å². The second-order valence-electron chi connectivity index (χ2n) is 9.09. The molecule has 0 fully saturated rings. The van der Waals surface area contributed by atoms with E-state index in [1.807, 2.05) is 34.1 Å². The van der Waals surface area contributed by atoms with Crippen molar-refractivity contribution < 1.29 is 18.5 Å². The average Bonchev–Trinajstić information content (AvgIpc) is 2.64. The Balaban J connectivity index is 3.63. The Morgan fingerprint density at radius 3 is 1.93 bits per heavy atom. The second-order valence-corrected chi connectivity index (χ2v) is 11.1. The first-order valence-corrected chi connectivity index (χ1v) is 13.4. The van der Waals surface area contributed by atoms with Crippen molar-refractivity contribution in [2.45, 2.75) is 103 Å². The molecule has 0 amide bonds. The summed E-state index contributed by atoms with van der Waals surface area (Å²) < 4.78 is 18.5. The molecule has 0 aromatic heterocycles. The number of quaternary nitrogens is 1. The molecule has 29 heavy (non-hydrogen) atoms. The van der Waals surface area contributed by atoms with E-state index in [1.165, 1.54) is 57.8 Å². The summed E-state index contributed by atoms with van der Waals surface area (Å²) in [6.07, 6.45) is 22.6. The van der Waals surface area contributed by atoms with Crippen LogP contribution in [0.15, 0.2) is 24.8 Å². The monoisotopic (exact) mass is 430 g/mol. The molecule has 0 aliphatic heterocycles. The highest BCUT2D eigenvalue weighted by Gasteiger charge is 2.41. The zero-order valence-electron chi connectivity index (χ0n) is 19.8. The minimum atomic E-state index is -3.57. The predicted molar refractivity (Wildman–Crippen MR) is 127 cm³/mol. The molecular weight excluding hydrogens is 381 g/mol. The first kappa shape index (κ1) is 28.6. The number of hydrogen-bond donors (Lipinski definition) is 1. The van der Waals surface area contributed by atoms with Crippen LogP contribution in [0.25, 0.3) is 0 Å². The maximum absolute atomic E-state index is 12.6. The third-order valence-electron chi connectivity index (χ3n) is 5.30. The molecule has 0 heterocycles. The Morgan fingerprint density at radius 2 is 1.41 bits per heavy atom. The van der Waals surface area contributed by atoms with Gasteiger partial charge in [0.15, 0.2) is 5.78 Å². The van der Waals surface area contributed by atoms with Crippen molar-refractivity contribution in [1.82, 2.24) is 0 Å². The molecule has 2 unspecified atom stereocenters. The van der Waals surface area contributed by atoms with Crippen molar-refractivity contribution in [3.8, 4) is 0 Å². The van der Waals surface area contributed by atoms with Gasteiger partial charge < -0.3 is 13.9 Å². The Morgan fingerprint density at radius 1 is 0.897 bits per heavy atom. The van der Waals surface area contributed by atoms with Gasteiger partial charge in [-0.1, -0.05) is 63.7 Å². The van der Waals surface area contributed by atoms with Gasteiger partial charge in [0.2, 0.25) is 0 Å². The maximum atomic E-state index is 12.6. The first-order chi connectivity index (χ1) is 13.8. The van der Waals surface area contributed by atoms with Crippen LogP contribution in [0.4, 0.5) is 0 Å². The van der Waals surface area contributed by atoms with Gasteiger partial charge in [0.05, 0.1) is 27.7 Å². The van der Waals surface area contributed by atoms with Crippen molar-refractivity contribution in [3.63, 3.8) is 0 Å². The van der Waals surface area contributed by atoms with Crippen LogP contribution in [0.2, 0.25) is 0 Å².